The minimum atomic E-state index is -1.26. The molecule has 0 saturated carbocycles. The zero-order valence-corrected chi connectivity index (χ0v) is 16.2. The molecular weight excluding hydrogens is 350 g/mol. The van der Waals surface area contributed by atoms with Gasteiger partial charge in [-0.25, -0.2) is 9.59 Å². The first-order valence-corrected chi connectivity index (χ1v) is 8.59. The Kier molecular flexibility index (Phi) is 8.61. The van der Waals surface area contributed by atoms with Crippen LogP contribution < -0.4 is 0 Å². The maximum atomic E-state index is 12.3. The molecule has 0 bridgehead atoms. The summed E-state index contributed by atoms with van der Waals surface area (Å²) in [5, 5.41) is 15.6. The Morgan fingerprint density at radius 2 is 1.89 bits per heavy atom. The van der Waals surface area contributed by atoms with Crippen molar-refractivity contribution >= 4 is 17.8 Å². The van der Waals surface area contributed by atoms with Crippen LogP contribution in [0, 0.1) is 12.8 Å². The summed E-state index contributed by atoms with van der Waals surface area (Å²) in [7, 11) is 6.06. The molecule has 1 aliphatic rings. The predicted octanol–water partition coefficient (Wildman–Crippen LogP) is 1.30. The lowest BCUT2D eigenvalue weighted by molar-refractivity contribution is -0.134. The Labute approximate surface area is 159 Å². The molecule has 2 heterocycles. The highest BCUT2D eigenvalue weighted by Gasteiger charge is 2.26. The highest BCUT2D eigenvalue weighted by Crippen LogP contribution is 2.22. The van der Waals surface area contributed by atoms with Gasteiger partial charge in [0.15, 0.2) is 0 Å². The molecule has 2 N–H and O–H groups in total. The van der Waals surface area contributed by atoms with E-state index in [0.29, 0.717) is 18.1 Å². The summed E-state index contributed by atoms with van der Waals surface area (Å²) in [6.07, 6.45) is 4.98. The van der Waals surface area contributed by atoms with E-state index >= 15 is 0 Å². The van der Waals surface area contributed by atoms with Crippen LogP contribution in [-0.2, 0) is 16.0 Å². The molecule has 0 aromatic carbocycles. The average molecular weight is 377 g/mol. The molecule has 0 radical (unpaired) electrons. The number of carbonyl (C=O) groups excluding carboxylic acids is 1. The number of nitrogens with zero attached hydrogens (tertiary/aromatic N) is 3. The third-order valence-electron chi connectivity index (χ3n) is 4.05. The second kappa shape index (κ2) is 10.4. The number of carbonyl (C=O) groups is 3. The lowest BCUT2D eigenvalue weighted by Crippen LogP contribution is -2.31. The number of hydrogen-bond donors (Lipinski definition) is 2. The van der Waals surface area contributed by atoms with Gasteiger partial charge in [-0.1, -0.05) is 0 Å². The lowest BCUT2D eigenvalue weighted by Gasteiger charge is -2.21. The number of carboxylic acid groups (broad SMARTS) is 2. The standard InChI is InChI=1S/C15H23N3O.C4H4O4/c1-11-7-13-14(16-9-11)8-12(5-6-17(2)3)10-18(4)15(13)19;5-3(6)1-2-4(7)8/h7,9,12H,5-6,8,10H2,1-4H3;1-2H,(H,5,6)(H,7,8). The molecule has 0 spiro atoms. The predicted molar refractivity (Wildman–Crippen MR) is 101 cm³/mol. The molecule has 0 saturated heterocycles. The Morgan fingerprint density at radius 1 is 1.30 bits per heavy atom. The number of aliphatic carboxylic acids is 2. The summed E-state index contributed by atoms with van der Waals surface area (Å²) in [6, 6.07) is 1.97. The van der Waals surface area contributed by atoms with Crippen LogP contribution in [0.25, 0.3) is 0 Å². The summed E-state index contributed by atoms with van der Waals surface area (Å²) in [5.74, 6) is -1.91. The summed E-state index contributed by atoms with van der Waals surface area (Å²) < 4.78 is 0. The summed E-state index contributed by atoms with van der Waals surface area (Å²) >= 11 is 0. The second-order valence-corrected chi connectivity index (χ2v) is 6.86. The van der Waals surface area contributed by atoms with E-state index in [1.165, 1.54) is 0 Å². The van der Waals surface area contributed by atoms with Gasteiger partial charge in [0.05, 0.1) is 11.3 Å². The summed E-state index contributed by atoms with van der Waals surface area (Å²) in [5.41, 5.74) is 2.80. The van der Waals surface area contributed by atoms with Crippen LogP contribution in [0.3, 0.4) is 0 Å². The minimum Gasteiger partial charge on any atom is -0.478 e. The van der Waals surface area contributed by atoms with Crippen LogP contribution in [0.4, 0.5) is 0 Å². The van der Waals surface area contributed by atoms with E-state index in [4.69, 9.17) is 10.2 Å². The fraction of sp³-hybridized carbons (Fsp3) is 0.474. The number of pyridine rings is 1. The molecule has 1 atom stereocenters. The van der Waals surface area contributed by atoms with Gasteiger partial charge in [-0.2, -0.15) is 0 Å². The van der Waals surface area contributed by atoms with Crippen molar-refractivity contribution in [2.45, 2.75) is 19.8 Å². The van der Waals surface area contributed by atoms with Gasteiger partial charge in [-0.15, -0.1) is 0 Å². The molecule has 1 aromatic heterocycles. The molecule has 0 aliphatic carbocycles. The van der Waals surface area contributed by atoms with Crippen LogP contribution in [0.15, 0.2) is 24.4 Å². The summed E-state index contributed by atoms with van der Waals surface area (Å²) in [6.45, 7) is 3.85. The van der Waals surface area contributed by atoms with Gasteiger partial charge in [0.2, 0.25) is 0 Å². The molecule has 1 amide bonds. The first kappa shape index (κ1) is 22.3. The van der Waals surface area contributed by atoms with Crippen molar-refractivity contribution in [3.8, 4) is 0 Å². The van der Waals surface area contributed by atoms with Gasteiger partial charge in [-0.05, 0) is 58.0 Å². The highest BCUT2D eigenvalue weighted by atomic mass is 16.4. The minimum absolute atomic E-state index is 0.110. The van der Waals surface area contributed by atoms with Gasteiger partial charge >= 0.3 is 11.9 Å². The molecule has 1 aliphatic heterocycles. The third kappa shape index (κ3) is 8.00. The topological polar surface area (TPSA) is 111 Å². The van der Waals surface area contributed by atoms with E-state index in [2.05, 4.69) is 24.0 Å². The van der Waals surface area contributed by atoms with Gasteiger partial charge in [0, 0.05) is 31.9 Å². The van der Waals surface area contributed by atoms with Crippen molar-refractivity contribution in [2.75, 3.05) is 34.2 Å². The molecule has 27 heavy (non-hydrogen) atoms. The molecule has 148 valence electrons. The number of rotatable bonds is 5. The van der Waals surface area contributed by atoms with E-state index < -0.39 is 11.9 Å². The van der Waals surface area contributed by atoms with Gasteiger partial charge in [0.1, 0.15) is 0 Å². The van der Waals surface area contributed by atoms with E-state index in [1.54, 1.807) is 0 Å². The molecule has 2 rings (SSSR count). The molecule has 1 unspecified atom stereocenters. The smallest absolute Gasteiger partial charge is 0.328 e. The highest BCUT2D eigenvalue weighted by molar-refractivity contribution is 5.95. The second-order valence-electron chi connectivity index (χ2n) is 6.86. The van der Waals surface area contributed by atoms with E-state index in [1.807, 2.05) is 31.1 Å². The molecule has 1 aromatic rings. The molecule has 8 nitrogen and oxygen atoms in total. The zero-order chi connectivity index (χ0) is 20.6. The monoisotopic (exact) mass is 377 g/mol. The van der Waals surface area contributed by atoms with Crippen LogP contribution in [0.5, 0.6) is 0 Å². The lowest BCUT2D eigenvalue weighted by atomic mass is 9.98. The maximum absolute atomic E-state index is 12.3. The van der Waals surface area contributed by atoms with Crippen LogP contribution in [0.1, 0.15) is 28.0 Å². The molecular formula is C19H27N3O5. The van der Waals surface area contributed by atoms with Gasteiger partial charge < -0.3 is 20.0 Å². The number of aromatic nitrogens is 1. The van der Waals surface area contributed by atoms with E-state index in [9.17, 15) is 14.4 Å². The Balaban J connectivity index is 0.000000387. The number of fused-ring (bicyclic) bond motifs is 1. The number of hydrogen-bond acceptors (Lipinski definition) is 5. The number of amides is 1. The van der Waals surface area contributed by atoms with Crippen LogP contribution in [-0.4, -0.2) is 77.1 Å². The normalized spacial score (nSPS) is 16.6. The SMILES string of the molecule is Cc1cnc2c(c1)C(=O)N(C)CC(CCN(C)C)C2.O=C(O)C=CC(=O)O. The Bertz CT molecular complexity index is 699. The fourth-order valence-corrected chi connectivity index (χ4v) is 2.74. The third-order valence-corrected chi connectivity index (χ3v) is 4.05. The average Bonchev–Trinajstić information content (AvgIpc) is 2.69. The van der Waals surface area contributed by atoms with E-state index in [0.717, 1.165) is 42.8 Å². The number of aryl methyl sites for hydroxylation is 1. The van der Waals surface area contributed by atoms with Crippen molar-refractivity contribution in [1.82, 2.24) is 14.8 Å². The van der Waals surface area contributed by atoms with Crippen molar-refractivity contribution in [3.05, 3.63) is 41.2 Å². The first-order chi connectivity index (χ1) is 12.6. The largest absolute Gasteiger partial charge is 0.478 e. The maximum Gasteiger partial charge on any atom is 0.328 e. The van der Waals surface area contributed by atoms with Crippen molar-refractivity contribution in [2.24, 2.45) is 5.92 Å². The van der Waals surface area contributed by atoms with Crippen LogP contribution >= 0.6 is 0 Å². The number of carboxylic acids is 2. The molecule has 0 fully saturated rings. The van der Waals surface area contributed by atoms with Gasteiger partial charge in [0.25, 0.3) is 5.91 Å². The van der Waals surface area contributed by atoms with E-state index in [-0.39, 0.29) is 5.91 Å². The van der Waals surface area contributed by atoms with Crippen molar-refractivity contribution < 1.29 is 24.6 Å². The summed E-state index contributed by atoms with van der Waals surface area (Å²) in [4.78, 5) is 40.0. The first-order valence-electron chi connectivity index (χ1n) is 8.59. The van der Waals surface area contributed by atoms with Crippen molar-refractivity contribution in [1.29, 1.82) is 0 Å². The Morgan fingerprint density at radius 3 is 2.41 bits per heavy atom. The van der Waals surface area contributed by atoms with Crippen molar-refractivity contribution in [3.63, 3.8) is 0 Å². The Hall–Kier alpha value is -2.74. The van der Waals surface area contributed by atoms with Crippen LogP contribution in [0.2, 0.25) is 0 Å². The molecule has 8 heteroatoms. The van der Waals surface area contributed by atoms with Gasteiger partial charge in [-0.3, -0.25) is 9.78 Å². The zero-order valence-electron chi connectivity index (χ0n) is 16.2. The quantitative estimate of drug-likeness (QED) is 0.744. The fourth-order valence-electron chi connectivity index (χ4n) is 2.74.